The van der Waals surface area contributed by atoms with Crippen molar-refractivity contribution < 1.29 is 30.8 Å². The van der Waals surface area contributed by atoms with Gasteiger partial charge in [0.25, 0.3) is 0 Å². The Morgan fingerprint density at radius 2 is 1.79 bits per heavy atom. The van der Waals surface area contributed by atoms with E-state index in [2.05, 4.69) is 20.1 Å². The Morgan fingerprint density at radius 3 is 2.31 bits per heavy atom. The SMILES string of the molecule is Cl.O=c1[nH]nc(-c2ccc(C(F)(F)F)c(N[C@H](C3CCNCC3)C(F)(F)F)c2)o1. The third-order valence-electron chi connectivity index (χ3n) is 4.53. The highest BCUT2D eigenvalue weighted by Gasteiger charge is 2.46. The summed E-state index contributed by atoms with van der Waals surface area (Å²) >= 11 is 0. The first-order chi connectivity index (χ1) is 13.1. The first kappa shape index (κ1) is 23.1. The van der Waals surface area contributed by atoms with Crippen LogP contribution in [-0.2, 0) is 6.18 Å². The van der Waals surface area contributed by atoms with Crippen LogP contribution in [0, 0.1) is 5.92 Å². The molecule has 1 saturated heterocycles. The maximum Gasteiger partial charge on any atom is 0.434 e. The molecule has 0 radical (unpaired) electrons. The number of benzene rings is 1. The largest absolute Gasteiger partial charge is 0.434 e. The van der Waals surface area contributed by atoms with E-state index in [1.807, 2.05) is 5.10 Å². The van der Waals surface area contributed by atoms with Crippen LogP contribution in [0.1, 0.15) is 18.4 Å². The summed E-state index contributed by atoms with van der Waals surface area (Å²) in [6.45, 7) is 0.701. The molecule has 1 fully saturated rings. The molecular formula is C16H17ClF6N4O2. The van der Waals surface area contributed by atoms with E-state index in [1.165, 1.54) is 0 Å². The lowest BCUT2D eigenvalue weighted by Gasteiger charge is -2.34. The molecule has 3 N–H and O–H groups in total. The van der Waals surface area contributed by atoms with Crippen LogP contribution in [-0.4, -0.2) is 35.5 Å². The highest BCUT2D eigenvalue weighted by molar-refractivity contribution is 5.85. The summed E-state index contributed by atoms with van der Waals surface area (Å²) in [5, 5.41) is 10.4. The molecule has 0 spiro atoms. The molecule has 162 valence electrons. The van der Waals surface area contributed by atoms with Gasteiger partial charge in [0.2, 0.25) is 5.89 Å². The summed E-state index contributed by atoms with van der Waals surface area (Å²) in [5.41, 5.74) is -2.08. The zero-order valence-electron chi connectivity index (χ0n) is 14.7. The predicted octanol–water partition coefficient (Wildman–Crippen LogP) is 3.81. The zero-order chi connectivity index (χ0) is 20.5. The third-order valence-corrected chi connectivity index (χ3v) is 4.53. The van der Waals surface area contributed by atoms with Gasteiger partial charge in [-0.15, -0.1) is 17.5 Å². The normalized spacial score (nSPS) is 16.9. The topological polar surface area (TPSA) is 83.0 Å². The van der Waals surface area contributed by atoms with Crippen LogP contribution in [0.4, 0.5) is 32.0 Å². The van der Waals surface area contributed by atoms with Gasteiger partial charge in [-0.3, -0.25) is 0 Å². The van der Waals surface area contributed by atoms with E-state index in [9.17, 15) is 31.1 Å². The van der Waals surface area contributed by atoms with Crippen molar-refractivity contribution in [3.63, 3.8) is 0 Å². The molecule has 0 bridgehead atoms. The number of H-pyrrole nitrogens is 1. The van der Waals surface area contributed by atoms with Gasteiger partial charge in [0, 0.05) is 11.3 Å². The van der Waals surface area contributed by atoms with Crippen molar-refractivity contribution in [1.82, 2.24) is 15.5 Å². The van der Waals surface area contributed by atoms with Crippen LogP contribution < -0.4 is 16.4 Å². The lowest BCUT2D eigenvalue weighted by molar-refractivity contribution is -0.156. The number of rotatable bonds is 4. The fourth-order valence-corrected chi connectivity index (χ4v) is 3.21. The van der Waals surface area contributed by atoms with Crippen LogP contribution in [0.3, 0.4) is 0 Å². The second kappa shape index (κ2) is 8.66. The number of hydrogen-bond acceptors (Lipinski definition) is 5. The lowest BCUT2D eigenvalue weighted by atomic mass is 9.89. The van der Waals surface area contributed by atoms with Gasteiger partial charge in [0.1, 0.15) is 6.04 Å². The quantitative estimate of drug-likeness (QED) is 0.622. The number of nitrogens with one attached hydrogen (secondary N) is 3. The van der Waals surface area contributed by atoms with E-state index in [-0.39, 0.29) is 36.7 Å². The molecule has 3 rings (SSSR count). The van der Waals surface area contributed by atoms with Crippen LogP contribution in [0.2, 0.25) is 0 Å². The maximum absolute atomic E-state index is 13.6. The second-order valence-corrected chi connectivity index (χ2v) is 6.43. The number of hydrogen-bond donors (Lipinski definition) is 3. The van der Waals surface area contributed by atoms with E-state index in [0.29, 0.717) is 19.2 Å². The third kappa shape index (κ3) is 5.44. The number of anilines is 1. The fourth-order valence-electron chi connectivity index (χ4n) is 3.21. The highest BCUT2D eigenvalue weighted by atomic mass is 35.5. The Bertz CT molecular complexity index is 873. The first-order valence-electron chi connectivity index (χ1n) is 8.37. The molecule has 0 unspecified atom stereocenters. The predicted molar refractivity (Wildman–Crippen MR) is 93.9 cm³/mol. The Morgan fingerprint density at radius 1 is 1.14 bits per heavy atom. The Kier molecular flexibility index (Phi) is 6.89. The molecule has 1 aromatic heterocycles. The van der Waals surface area contributed by atoms with Crippen molar-refractivity contribution in [3.8, 4) is 11.5 Å². The smallest absolute Gasteiger partial charge is 0.388 e. The second-order valence-electron chi connectivity index (χ2n) is 6.43. The molecule has 0 aliphatic carbocycles. The van der Waals surface area contributed by atoms with Crippen molar-refractivity contribution in [1.29, 1.82) is 0 Å². The fraction of sp³-hybridized carbons (Fsp3) is 0.500. The summed E-state index contributed by atoms with van der Waals surface area (Å²) in [6, 6.07) is 0.293. The van der Waals surface area contributed by atoms with Gasteiger partial charge < -0.3 is 15.1 Å². The van der Waals surface area contributed by atoms with Crippen LogP contribution in [0.15, 0.2) is 27.4 Å². The van der Waals surface area contributed by atoms with Crippen molar-refractivity contribution in [2.75, 3.05) is 18.4 Å². The molecule has 1 aliphatic rings. The van der Waals surface area contributed by atoms with Crippen LogP contribution in [0.5, 0.6) is 0 Å². The minimum Gasteiger partial charge on any atom is -0.388 e. The van der Waals surface area contributed by atoms with E-state index in [0.717, 1.165) is 12.1 Å². The summed E-state index contributed by atoms with van der Waals surface area (Å²) in [7, 11) is 0. The summed E-state index contributed by atoms with van der Waals surface area (Å²) in [6.07, 6.45) is -9.28. The Balaban J connectivity index is 0.00000300. The van der Waals surface area contributed by atoms with Crippen molar-refractivity contribution >= 4 is 18.1 Å². The molecule has 1 atom stereocenters. The summed E-state index contributed by atoms with van der Waals surface area (Å²) in [5.74, 6) is -2.14. The number of piperidine rings is 1. The van der Waals surface area contributed by atoms with E-state index >= 15 is 0 Å². The zero-order valence-corrected chi connectivity index (χ0v) is 15.5. The summed E-state index contributed by atoms with van der Waals surface area (Å²) in [4.78, 5) is 11.1. The van der Waals surface area contributed by atoms with Crippen molar-refractivity contribution in [2.24, 2.45) is 5.92 Å². The number of aromatic amines is 1. The van der Waals surface area contributed by atoms with Gasteiger partial charge in [-0.1, -0.05) is 0 Å². The highest BCUT2D eigenvalue weighted by Crippen LogP contribution is 2.40. The van der Waals surface area contributed by atoms with Crippen LogP contribution in [0.25, 0.3) is 11.5 Å². The number of alkyl halides is 6. The Hall–Kier alpha value is -2.21. The van der Waals surface area contributed by atoms with Gasteiger partial charge in [0.15, 0.2) is 0 Å². The molecule has 1 aromatic carbocycles. The maximum atomic E-state index is 13.6. The van der Waals surface area contributed by atoms with E-state index < -0.39 is 41.3 Å². The monoisotopic (exact) mass is 446 g/mol. The van der Waals surface area contributed by atoms with Gasteiger partial charge >= 0.3 is 18.1 Å². The van der Waals surface area contributed by atoms with Crippen molar-refractivity contribution in [2.45, 2.75) is 31.2 Å². The number of halogens is 7. The van der Waals surface area contributed by atoms with Gasteiger partial charge in [-0.05, 0) is 50.0 Å². The molecule has 0 saturated carbocycles. The lowest BCUT2D eigenvalue weighted by Crippen LogP contribution is -2.46. The average molecular weight is 447 g/mol. The number of nitrogens with zero attached hydrogens (tertiary/aromatic N) is 1. The molecular weight excluding hydrogens is 430 g/mol. The van der Waals surface area contributed by atoms with Crippen molar-refractivity contribution in [3.05, 3.63) is 34.3 Å². The van der Waals surface area contributed by atoms with Gasteiger partial charge in [0.05, 0.1) is 5.56 Å². The minimum absolute atomic E-state index is 0. The standard InChI is InChI=1S/C16H16F6N4O2.ClH/c17-15(18,19)10-2-1-9(13-25-26-14(27)28-13)7-11(10)24-12(16(20,21)22)8-3-5-23-6-4-8;/h1-2,7-8,12,23-24H,3-6H2,(H,26,27);1H/t12-;/m1./s1. The van der Waals surface area contributed by atoms with E-state index in [4.69, 9.17) is 0 Å². The molecule has 1 aliphatic heterocycles. The van der Waals surface area contributed by atoms with Gasteiger partial charge in [-0.25, -0.2) is 9.89 Å². The Labute approximate surface area is 166 Å². The molecule has 2 aromatic rings. The van der Waals surface area contributed by atoms with E-state index in [1.54, 1.807) is 0 Å². The summed E-state index contributed by atoms with van der Waals surface area (Å²) < 4.78 is 85.5. The average Bonchev–Trinajstić information content (AvgIpc) is 3.05. The van der Waals surface area contributed by atoms with Gasteiger partial charge in [-0.2, -0.15) is 26.3 Å². The molecule has 29 heavy (non-hydrogen) atoms. The molecule has 2 heterocycles. The molecule has 0 amide bonds. The number of aromatic nitrogens is 2. The minimum atomic E-state index is -4.88. The first-order valence-corrected chi connectivity index (χ1v) is 8.37. The van der Waals surface area contributed by atoms with Crippen LogP contribution >= 0.6 is 12.4 Å². The molecule has 13 heteroatoms. The molecule has 6 nitrogen and oxygen atoms in total.